The summed E-state index contributed by atoms with van der Waals surface area (Å²) in [6, 6.07) is 23.5. The van der Waals surface area contributed by atoms with E-state index in [9.17, 15) is 4.79 Å². The minimum Gasteiger partial charge on any atom is -0.341 e. The highest BCUT2D eigenvalue weighted by atomic mass is 16.2. The summed E-state index contributed by atoms with van der Waals surface area (Å²) in [4.78, 5) is 17.1. The summed E-state index contributed by atoms with van der Waals surface area (Å²) in [5, 5.41) is 6.68. The predicted octanol–water partition coefficient (Wildman–Crippen LogP) is 4.39. The number of nitrogens with one attached hydrogen (secondary N) is 1. The quantitative estimate of drug-likeness (QED) is 0.324. The number of nitrogens with zero attached hydrogens (tertiary/aromatic N) is 4. The van der Waals surface area contributed by atoms with Crippen molar-refractivity contribution < 1.29 is 4.79 Å². The Morgan fingerprint density at radius 2 is 1.63 bits per heavy atom. The third kappa shape index (κ3) is 5.29. The van der Waals surface area contributed by atoms with Gasteiger partial charge in [0.05, 0.1) is 12.8 Å². The molecule has 4 aromatic rings. The fraction of sp³-hybridized carbons (Fsp3) is 0.310. The largest absolute Gasteiger partial charge is 0.341 e. The Kier molecular flexibility index (Phi) is 6.93. The van der Waals surface area contributed by atoms with Gasteiger partial charge in [0.15, 0.2) is 0 Å². The number of hydrogen-bond acceptors (Lipinski definition) is 4. The molecule has 6 nitrogen and oxygen atoms in total. The predicted molar refractivity (Wildman–Crippen MR) is 144 cm³/mol. The molecule has 1 aromatic heterocycles. The van der Waals surface area contributed by atoms with E-state index in [0.29, 0.717) is 6.54 Å². The summed E-state index contributed by atoms with van der Waals surface area (Å²) >= 11 is 0. The van der Waals surface area contributed by atoms with Crippen molar-refractivity contribution in [3.63, 3.8) is 0 Å². The van der Waals surface area contributed by atoms with E-state index in [0.717, 1.165) is 44.8 Å². The molecule has 1 aliphatic rings. The second kappa shape index (κ2) is 10.4. The summed E-state index contributed by atoms with van der Waals surface area (Å²) < 4.78 is 2.33. The lowest BCUT2D eigenvalue weighted by atomic mass is 10.1. The monoisotopic (exact) mass is 467 g/mol. The molecule has 1 aliphatic heterocycles. The highest BCUT2D eigenvalue weighted by molar-refractivity contribution is 6.09. The van der Waals surface area contributed by atoms with Crippen LogP contribution in [-0.2, 0) is 17.9 Å². The van der Waals surface area contributed by atoms with Crippen molar-refractivity contribution >= 4 is 33.9 Å². The molecule has 1 N–H and O–H groups in total. The van der Waals surface area contributed by atoms with Gasteiger partial charge in [-0.1, -0.05) is 54.1 Å². The maximum Gasteiger partial charge on any atom is 0.254 e. The van der Waals surface area contributed by atoms with Gasteiger partial charge in [0.2, 0.25) is 0 Å². The molecule has 0 radical (unpaired) electrons. The summed E-state index contributed by atoms with van der Waals surface area (Å²) in [5.74, 6) is -0.0723. The highest BCUT2D eigenvalue weighted by Gasteiger charge is 2.19. The normalized spacial score (nSPS) is 15.4. The van der Waals surface area contributed by atoms with Crippen molar-refractivity contribution in [2.24, 2.45) is 5.10 Å². The van der Waals surface area contributed by atoms with Crippen molar-refractivity contribution in [1.29, 1.82) is 0 Å². The van der Waals surface area contributed by atoms with Gasteiger partial charge in [-0.2, -0.15) is 5.10 Å². The van der Waals surface area contributed by atoms with Crippen molar-refractivity contribution in [2.75, 3.05) is 32.7 Å². The summed E-state index contributed by atoms with van der Waals surface area (Å²) in [5.41, 5.74) is 8.77. The van der Waals surface area contributed by atoms with Crippen LogP contribution < -0.4 is 5.43 Å². The smallest absolute Gasteiger partial charge is 0.254 e. The molecule has 0 bridgehead atoms. The molecule has 0 saturated carbocycles. The molecule has 180 valence electrons. The van der Waals surface area contributed by atoms with Crippen LogP contribution in [-0.4, -0.2) is 59.2 Å². The number of hydrazone groups is 1. The molecule has 2 heterocycles. The zero-order valence-electron chi connectivity index (χ0n) is 20.6. The van der Waals surface area contributed by atoms with Crippen LogP contribution in [0.15, 0.2) is 71.8 Å². The lowest BCUT2D eigenvalue weighted by Crippen LogP contribution is -2.48. The van der Waals surface area contributed by atoms with Crippen molar-refractivity contribution in [3.05, 3.63) is 83.4 Å². The molecule has 0 unspecified atom stereocenters. The second-order valence-electron chi connectivity index (χ2n) is 9.37. The highest BCUT2D eigenvalue weighted by Crippen LogP contribution is 2.29. The SMILES string of the molecule is CCn1c2ccccc2c2cc(C=NNC(=O)CN3CCN(Cc4ccc(C)cc4)CC3)ccc21. The number of carbonyl (C=O) groups excluding carboxylic acids is 1. The van der Waals surface area contributed by atoms with Crippen LogP contribution in [0.1, 0.15) is 23.6 Å². The first-order valence-electron chi connectivity index (χ1n) is 12.4. The summed E-state index contributed by atoms with van der Waals surface area (Å²) in [6.07, 6.45) is 1.73. The van der Waals surface area contributed by atoms with Crippen LogP contribution in [0.25, 0.3) is 21.8 Å². The van der Waals surface area contributed by atoms with Gasteiger partial charge in [0, 0.05) is 61.1 Å². The Balaban J connectivity index is 1.14. The maximum absolute atomic E-state index is 12.5. The van der Waals surface area contributed by atoms with E-state index >= 15 is 0 Å². The molecule has 0 spiro atoms. The van der Waals surface area contributed by atoms with Crippen LogP contribution in [0, 0.1) is 6.92 Å². The van der Waals surface area contributed by atoms with Gasteiger partial charge in [-0.25, -0.2) is 5.43 Å². The standard InChI is InChI=1S/C29H33N5O/c1-3-34-27-7-5-4-6-25(27)26-18-24(12-13-28(26)34)19-30-31-29(35)21-33-16-14-32(15-17-33)20-23-10-8-22(2)9-11-23/h4-13,18-19H,3,14-17,20-21H2,1-2H3,(H,31,35). The molecular weight excluding hydrogens is 434 g/mol. The number of hydrogen-bond donors (Lipinski definition) is 1. The third-order valence-electron chi connectivity index (χ3n) is 6.87. The molecule has 3 aromatic carbocycles. The summed E-state index contributed by atoms with van der Waals surface area (Å²) in [6.45, 7) is 10.3. The average Bonchev–Trinajstić information content (AvgIpc) is 3.19. The molecule has 5 rings (SSSR count). The van der Waals surface area contributed by atoms with E-state index < -0.39 is 0 Å². The number of piperazine rings is 1. The first-order valence-corrected chi connectivity index (χ1v) is 12.4. The van der Waals surface area contributed by atoms with Gasteiger partial charge in [0.25, 0.3) is 5.91 Å². The third-order valence-corrected chi connectivity index (χ3v) is 6.87. The Morgan fingerprint density at radius 1 is 0.914 bits per heavy atom. The molecule has 0 atom stereocenters. The van der Waals surface area contributed by atoms with E-state index in [-0.39, 0.29) is 5.91 Å². The van der Waals surface area contributed by atoms with Gasteiger partial charge in [-0.15, -0.1) is 0 Å². The number of para-hydroxylation sites is 1. The van der Waals surface area contributed by atoms with E-state index in [4.69, 9.17) is 0 Å². The number of aryl methyl sites for hydroxylation is 2. The number of fused-ring (bicyclic) bond motifs is 3. The number of amides is 1. The maximum atomic E-state index is 12.5. The number of benzene rings is 3. The Morgan fingerprint density at radius 3 is 2.40 bits per heavy atom. The molecule has 1 amide bonds. The van der Waals surface area contributed by atoms with Gasteiger partial charge in [-0.05, 0) is 43.2 Å². The van der Waals surface area contributed by atoms with Crippen LogP contribution in [0.2, 0.25) is 0 Å². The fourth-order valence-corrected chi connectivity index (χ4v) is 4.97. The molecule has 35 heavy (non-hydrogen) atoms. The van der Waals surface area contributed by atoms with Gasteiger partial charge < -0.3 is 4.57 Å². The van der Waals surface area contributed by atoms with E-state index in [2.05, 4.69) is 105 Å². The average molecular weight is 468 g/mol. The van der Waals surface area contributed by atoms with Crippen LogP contribution >= 0.6 is 0 Å². The Bertz CT molecular complexity index is 1350. The van der Waals surface area contributed by atoms with E-state index in [1.165, 1.54) is 32.9 Å². The van der Waals surface area contributed by atoms with E-state index in [1.807, 2.05) is 0 Å². The zero-order valence-corrected chi connectivity index (χ0v) is 20.6. The Hall–Kier alpha value is -3.48. The topological polar surface area (TPSA) is 52.9 Å². The second-order valence-corrected chi connectivity index (χ2v) is 9.37. The van der Waals surface area contributed by atoms with Crippen molar-refractivity contribution in [2.45, 2.75) is 26.9 Å². The summed E-state index contributed by atoms with van der Waals surface area (Å²) in [7, 11) is 0. The molecule has 6 heteroatoms. The number of carbonyl (C=O) groups is 1. The number of aromatic nitrogens is 1. The van der Waals surface area contributed by atoms with Crippen molar-refractivity contribution in [1.82, 2.24) is 19.8 Å². The zero-order chi connectivity index (χ0) is 24.2. The van der Waals surface area contributed by atoms with Gasteiger partial charge >= 0.3 is 0 Å². The lowest BCUT2D eigenvalue weighted by molar-refractivity contribution is -0.122. The lowest BCUT2D eigenvalue weighted by Gasteiger charge is -2.34. The Labute approximate surface area is 206 Å². The van der Waals surface area contributed by atoms with Crippen LogP contribution in [0.4, 0.5) is 0 Å². The fourth-order valence-electron chi connectivity index (χ4n) is 4.97. The minimum atomic E-state index is -0.0723. The van der Waals surface area contributed by atoms with Gasteiger partial charge in [-0.3, -0.25) is 14.6 Å². The van der Waals surface area contributed by atoms with Crippen molar-refractivity contribution in [3.8, 4) is 0 Å². The first-order chi connectivity index (χ1) is 17.1. The molecule has 1 fully saturated rings. The molecule has 0 aliphatic carbocycles. The van der Waals surface area contributed by atoms with Gasteiger partial charge in [0.1, 0.15) is 0 Å². The first kappa shape index (κ1) is 23.3. The molecular formula is C29H33N5O. The van der Waals surface area contributed by atoms with E-state index in [1.54, 1.807) is 6.21 Å². The minimum absolute atomic E-state index is 0.0723. The number of rotatable bonds is 7. The van der Waals surface area contributed by atoms with Crippen LogP contribution in [0.3, 0.4) is 0 Å². The van der Waals surface area contributed by atoms with Crippen LogP contribution in [0.5, 0.6) is 0 Å². The molecule has 1 saturated heterocycles.